The zero-order valence-electron chi connectivity index (χ0n) is 25.8. The lowest BCUT2D eigenvalue weighted by Crippen LogP contribution is -2.79. The summed E-state index contributed by atoms with van der Waals surface area (Å²) in [6.07, 6.45) is -1.49. The first-order valence-corrected chi connectivity index (χ1v) is 15.8. The van der Waals surface area contributed by atoms with Gasteiger partial charge < -0.3 is 14.4 Å². The van der Waals surface area contributed by atoms with Crippen LogP contribution in [0.4, 0.5) is 13.2 Å². The van der Waals surface area contributed by atoms with E-state index in [2.05, 4.69) is 34.9 Å². The summed E-state index contributed by atoms with van der Waals surface area (Å²) >= 11 is 0. The average Bonchev–Trinajstić information content (AvgIpc) is 3.38. The van der Waals surface area contributed by atoms with Crippen LogP contribution >= 0.6 is 0 Å². The number of esters is 1. The Morgan fingerprint density at radius 1 is 1.04 bits per heavy atom. The molecule has 1 spiro atoms. The Morgan fingerprint density at radius 2 is 1.80 bits per heavy atom. The van der Waals surface area contributed by atoms with Crippen molar-refractivity contribution in [3.63, 3.8) is 0 Å². The highest BCUT2D eigenvalue weighted by molar-refractivity contribution is 5.94. The first-order valence-electron chi connectivity index (χ1n) is 15.8. The van der Waals surface area contributed by atoms with Crippen molar-refractivity contribution in [1.82, 2.24) is 9.80 Å². The van der Waals surface area contributed by atoms with Gasteiger partial charge in [0.15, 0.2) is 0 Å². The van der Waals surface area contributed by atoms with Gasteiger partial charge in [0.2, 0.25) is 0 Å². The van der Waals surface area contributed by atoms with Crippen LogP contribution in [0.25, 0.3) is 0 Å². The van der Waals surface area contributed by atoms with Crippen LogP contribution in [0.3, 0.4) is 0 Å². The molecule has 0 N–H and O–H groups in total. The number of hydrogen-bond donors (Lipinski definition) is 0. The summed E-state index contributed by atoms with van der Waals surface area (Å²) in [6, 6.07) is 20.5. The first-order chi connectivity index (χ1) is 22.0. The molecule has 1 saturated heterocycles. The molecule has 9 heteroatoms. The van der Waals surface area contributed by atoms with Crippen molar-refractivity contribution >= 4 is 11.9 Å². The quantitative estimate of drug-likeness (QED) is 0.274. The fourth-order valence-corrected chi connectivity index (χ4v) is 8.70. The van der Waals surface area contributed by atoms with Crippen LogP contribution in [0, 0.1) is 11.8 Å². The molecule has 3 aromatic rings. The normalized spacial score (nSPS) is 27.5. The molecule has 1 saturated carbocycles. The van der Waals surface area contributed by atoms with Gasteiger partial charge in [0, 0.05) is 37.6 Å². The molecular formula is C37H35F3N2O4. The fraction of sp³-hybridized carbons (Fsp3) is 0.405. The lowest BCUT2D eigenvalue weighted by Gasteiger charge is -2.65. The Balaban J connectivity index is 1.21. The molecule has 0 aromatic heterocycles. The topological polar surface area (TPSA) is 59.1 Å². The Kier molecular flexibility index (Phi) is 7.39. The number of hydrogen-bond acceptors (Lipinski definition) is 5. The molecule has 238 valence electrons. The van der Waals surface area contributed by atoms with Crippen molar-refractivity contribution in [3.05, 3.63) is 101 Å². The van der Waals surface area contributed by atoms with Crippen molar-refractivity contribution in [3.8, 4) is 17.6 Å². The van der Waals surface area contributed by atoms with E-state index in [0.29, 0.717) is 24.8 Å². The zero-order valence-corrected chi connectivity index (χ0v) is 25.8. The summed E-state index contributed by atoms with van der Waals surface area (Å²) < 4.78 is 52.3. The minimum Gasteiger partial charge on any atom is -0.487 e. The molecule has 0 unspecified atom stereocenters. The highest BCUT2D eigenvalue weighted by Crippen LogP contribution is 2.65. The molecule has 7 rings (SSSR count). The van der Waals surface area contributed by atoms with E-state index in [-0.39, 0.29) is 18.1 Å². The van der Waals surface area contributed by atoms with E-state index < -0.39 is 34.8 Å². The second-order valence-electron chi connectivity index (χ2n) is 12.9. The maximum atomic E-state index is 13.5. The van der Waals surface area contributed by atoms with Gasteiger partial charge in [0.05, 0.1) is 23.1 Å². The SMILES string of the molecule is CC(=O)O[C@@]12CC[C@H](N(C)C(=O)C#Cc3ccc(C(F)(F)F)cc3)[C@@H]3Oc4cccc5c4[C@@]31CCN(CCc1ccccc1)[C@@H]2C5. The summed E-state index contributed by atoms with van der Waals surface area (Å²) in [4.78, 5) is 30.5. The van der Waals surface area contributed by atoms with Gasteiger partial charge in [0.25, 0.3) is 5.91 Å². The van der Waals surface area contributed by atoms with Crippen molar-refractivity contribution in [2.75, 3.05) is 20.1 Å². The smallest absolute Gasteiger partial charge is 0.416 e. The van der Waals surface area contributed by atoms with Gasteiger partial charge in [-0.15, -0.1) is 0 Å². The summed E-state index contributed by atoms with van der Waals surface area (Å²) in [7, 11) is 1.70. The lowest BCUT2D eigenvalue weighted by molar-refractivity contribution is -0.223. The molecule has 2 heterocycles. The van der Waals surface area contributed by atoms with Gasteiger partial charge in [-0.2, -0.15) is 13.2 Å². The number of amides is 1. The molecule has 2 aliphatic carbocycles. The molecule has 2 aliphatic heterocycles. The molecule has 5 atom stereocenters. The molecule has 2 fully saturated rings. The fourth-order valence-electron chi connectivity index (χ4n) is 8.70. The van der Waals surface area contributed by atoms with E-state index in [1.807, 2.05) is 30.3 Å². The predicted octanol–water partition coefficient (Wildman–Crippen LogP) is 5.55. The van der Waals surface area contributed by atoms with Crippen LogP contribution < -0.4 is 4.74 Å². The molecule has 2 bridgehead atoms. The average molecular weight is 629 g/mol. The molecule has 4 aliphatic rings. The Bertz CT molecular complexity index is 1730. The van der Waals surface area contributed by atoms with Gasteiger partial charge >= 0.3 is 12.1 Å². The number of nitrogens with zero attached hydrogens (tertiary/aromatic N) is 2. The number of halogens is 3. The number of benzene rings is 3. The second kappa shape index (κ2) is 11.2. The van der Waals surface area contributed by atoms with Gasteiger partial charge in [0.1, 0.15) is 17.5 Å². The predicted molar refractivity (Wildman–Crippen MR) is 165 cm³/mol. The Hall–Kier alpha value is -4.29. The largest absolute Gasteiger partial charge is 0.487 e. The summed E-state index contributed by atoms with van der Waals surface area (Å²) in [5.74, 6) is 5.36. The van der Waals surface area contributed by atoms with Crippen LogP contribution in [0.5, 0.6) is 5.75 Å². The lowest BCUT2D eigenvalue weighted by atomic mass is 9.48. The van der Waals surface area contributed by atoms with E-state index in [9.17, 15) is 22.8 Å². The minimum absolute atomic E-state index is 0.0535. The van der Waals surface area contributed by atoms with Gasteiger partial charge in [-0.3, -0.25) is 14.5 Å². The molecule has 0 radical (unpaired) electrons. The summed E-state index contributed by atoms with van der Waals surface area (Å²) in [5, 5.41) is 0. The van der Waals surface area contributed by atoms with Crippen molar-refractivity contribution in [2.45, 2.75) is 74.4 Å². The Morgan fingerprint density at radius 3 is 2.52 bits per heavy atom. The van der Waals surface area contributed by atoms with E-state index in [1.54, 1.807) is 11.9 Å². The molecule has 46 heavy (non-hydrogen) atoms. The highest BCUT2D eigenvalue weighted by atomic mass is 19.4. The number of carbonyl (C=O) groups is 2. The molecular weight excluding hydrogens is 593 g/mol. The van der Waals surface area contributed by atoms with Crippen molar-refractivity contribution < 1.29 is 32.2 Å². The molecule has 1 amide bonds. The van der Waals surface area contributed by atoms with E-state index in [1.165, 1.54) is 30.2 Å². The van der Waals surface area contributed by atoms with Gasteiger partial charge in [-0.1, -0.05) is 48.4 Å². The number of likely N-dealkylation sites (tertiary alicyclic amines) is 1. The van der Waals surface area contributed by atoms with Crippen LogP contribution in [0.2, 0.25) is 0 Å². The Labute approximate surface area is 266 Å². The summed E-state index contributed by atoms with van der Waals surface area (Å²) in [6.45, 7) is 3.10. The maximum Gasteiger partial charge on any atom is 0.416 e. The standard InChI is InChI=1S/C37H35F3N2O4/c1-24(43)46-36-19-17-29(41(2)32(44)16-13-26-11-14-28(15-12-26)37(38,39)40)34-35(36)20-22-42(21-18-25-7-4-3-5-8-25)31(36)23-27-9-6-10-30(45-34)33(27)35/h3-12,14-15,29,31,34H,17-23H2,1-2H3/t29-,31+,34-,35-,36+/m0/s1. The second-order valence-corrected chi connectivity index (χ2v) is 12.9. The number of carbonyl (C=O) groups excluding carboxylic acids is 2. The molecule has 6 nitrogen and oxygen atoms in total. The van der Waals surface area contributed by atoms with E-state index >= 15 is 0 Å². The third-order valence-electron chi connectivity index (χ3n) is 10.6. The van der Waals surface area contributed by atoms with Gasteiger partial charge in [-0.05, 0) is 80.1 Å². The van der Waals surface area contributed by atoms with Crippen LogP contribution in [0.15, 0.2) is 72.8 Å². The number of likely N-dealkylation sites (N-methyl/N-ethyl adjacent to an activating group) is 1. The van der Waals surface area contributed by atoms with E-state index in [4.69, 9.17) is 9.47 Å². The van der Waals surface area contributed by atoms with Crippen LogP contribution in [-0.2, 0) is 38.8 Å². The minimum atomic E-state index is -4.45. The van der Waals surface area contributed by atoms with E-state index in [0.717, 1.165) is 49.4 Å². The van der Waals surface area contributed by atoms with Crippen molar-refractivity contribution in [2.24, 2.45) is 0 Å². The third-order valence-corrected chi connectivity index (χ3v) is 10.6. The third kappa shape index (κ3) is 4.77. The molecule has 3 aromatic carbocycles. The monoisotopic (exact) mass is 628 g/mol. The number of piperidine rings is 1. The number of ether oxygens (including phenoxy) is 2. The van der Waals surface area contributed by atoms with Crippen molar-refractivity contribution in [1.29, 1.82) is 0 Å². The van der Waals surface area contributed by atoms with Gasteiger partial charge in [-0.25, -0.2) is 0 Å². The highest BCUT2D eigenvalue weighted by Gasteiger charge is 2.75. The zero-order chi connectivity index (χ0) is 32.3. The number of alkyl halides is 3. The first kappa shape index (κ1) is 30.4. The van der Waals surface area contributed by atoms with Crippen LogP contribution in [-0.4, -0.2) is 65.6 Å². The summed E-state index contributed by atoms with van der Waals surface area (Å²) in [5.41, 5.74) is 1.62. The van der Waals surface area contributed by atoms with Crippen LogP contribution in [0.1, 0.15) is 54.0 Å². The number of rotatable bonds is 5. The maximum absolute atomic E-state index is 13.5.